The minimum absolute atomic E-state index is 0.374. The Hall–Kier alpha value is -3.28. The number of fused-ring (bicyclic) bond motifs is 1. The van der Waals surface area contributed by atoms with E-state index in [1.165, 1.54) is 7.11 Å². The molecule has 0 fully saturated rings. The van der Waals surface area contributed by atoms with Crippen LogP contribution in [0.15, 0.2) is 48.7 Å². The summed E-state index contributed by atoms with van der Waals surface area (Å²) in [5.74, 6) is -0.878. The third kappa shape index (κ3) is 3.85. The van der Waals surface area contributed by atoms with Gasteiger partial charge in [0.25, 0.3) is 0 Å². The van der Waals surface area contributed by atoms with Crippen molar-refractivity contribution in [2.75, 3.05) is 19.0 Å². The van der Waals surface area contributed by atoms with Crippen molar-refractivity contribution >= 4 is 28.4 Å². The number of benzene rings is 2. The first-order valence-corrected chi connectivity index (χ1v) is 8.37. The van der Waals surface area contributed by atoms with Crippen molar-refractivity contribution in [1.82, 2.24) is 10.3 Å². The predicted molar refractivity (Wildman–Crippen MR) is 101 cm³/mol. The fraction of sp³-hybridized carbons (Fsp3) is 0.200. The summed E-state index contributed by atoms with van der Waals surface area (Å²) in [5, 5.41) is 6.37. The fourth-order valence-corrected chi connectivity index (χ4v) is 2.83. The molecule has 3 aromatic rings. The smallest absolute Gasteiger partial charge is 0.313 e. The van der Waals surface area contributed by atoms with E-state index in [2.05, 4.69) is 15.6 Å². The van der Waals surface area contributed by atoms with Gasteiger partial charge in [-0.15, -0.1) is 0 Å². The summed E-state index contributed by atoms with van der Waals surface area (Å²) in [6.07, 6.45) is 2.56. The minimum atomic E-state index is -0.715. The normalized spacial score (nSPS) is 10.5. The van der Waals surface area contributed by atoms with Gasteiger partial charge in [-0.25, -0.2) is 0 Å². The van der Waals surface area contributed by atoms with Gasteiger partial charge in [0.15, 0.2) is 0 Å². The third-order valence-corrected chi connectivity index (χ3v) is 4.16. The van der Waals surface area contributed by atoms with Crippen LogP contribution in [0.25, 0.3) is 10.9 Å². The molecule has 0 atom stereocenters. The highest BCUT2D eigenvalue weighted by Gasteiger charge is 2.15. The van der Waals surface area contributed by atoms with E-state index in [4.69, 9.17) is 4.74 Å². The number of aryl methyl sites for hydroxylation is 1. The molecule has 0 aliphatic carbocycles. The van der Waals surface area contributed by atoms with Crippen molar-refractivity contribution in [1.29, 1.82) is 0 Å². The van der Waals surface area contributed by atoms with E-state index in [9.17, 15) is 9.59 Å². The fourth-order valence-electron chi connectivity index (χ4n) is 2.83. The molecule has 0 spiro atoms. The van der Waals surface area contributed by atoms with Crippen LogP contribution in [-0.2, 0) is 16.0 Å². The van der Waals surface area contributed by atoms with Crippen LogP contribution in [-0.4, -0.2) is 30.5 Å². The molecule has 0 radical (unpaired) electrons. The molecule has 0 saturated carbocycles. The zero-order valence-corrected chi connectivity index (χ0v) is 14.8. The first kappa shape index (κ1) is 17.5. The van der Waals surface area contributed by atoms with Gasteiger partial charge in [0.2, 0.25) is 0 Å². The highest BCUT2D eigenvalue weighted by Crippen LogP contribution is 2.25. The van der Waals surface area contributed by atoms with Crippen LogP contribution in [0.5, 0.6) is 5.75 Å². The van der Waals surface area contributed by atoms with E-state index in [0.717, 1.165) is 22.0 Å². The van der Waals surface area contributed by atoms with Gasteiger partial charge in [0, 0.05) is 23.6 Å². The molecular weight excluding hydrogens is 330 g/mol. The monoisotopic (exact) mass is 351 g/mol. The average Bonchev–Trinajstić information content (AvgIpc) is 3.05. The van der Waals surface area contributed by atoms with Crippen LogP contribution in [0.3, 0.4) is 0 Å². The number of aromatic amines is 1. The largest absolute Gasteiger partial charge is 0.495 e. The van der Waals surface area contributed by atoms with Gasteiger partial charge >= 0.3 is 11.8 Å². The molecule has 1 heterocycles. The maximum absolute atomic E-state index is 12.1. The summed E-state index contributed by atoms with van der Waals surface area (Å²) in [4.78, 5) is 27.4. The van der Waals surface area contributed by atoms with E-state index in [1.807, 2.05) is 43.5 Å². The molecule has 26 heavy (non-hydrogen) atoms. The number of rotatable bonds is 5. The zero-order chi connectivity index (χ0) is 18.5. The Kier molecular flexibility index (Phi) is 5.22. The van der Waals surface area contributed by atoms with Crippen LogP contribution in [0.2, 0.25) is 0 Å². The van der Waals surface area contributed by atoms with Gasteiger partial charge in [0.1, 0.15) is 5.75 Å². The van der Waals surface area contributed by atoms with Crippen LogP contribution in [0.1, 0.15) is 11.1 Å². The number of ether oxygens (including phenoxy) is 1. The number of anilines is 1. The quantitative estimate of drug-likeness (QED) is 0.618. The van der Waals surface area contributed by atoms with Crippen molar-refractivity contribution in [2.24, 2.45) is 0 Å². The number of amides is 2. The van der Waals surface area contributed by atoms with E-state index in [1.54, 1.807) is 12.1 Å². The molecule has 6 heteroatoms. The molecule has 0 bridgehead atoms. The van der Waals surface area contributed by atoms with Gasteiger partial charge in [-0.1, -0.05) is 24.3 Å². The number of hydrogen-bond donors (Lipinski definition) is 3. The summed E-state index contributed by atoms with van der Waals surface area (Å²) in [6, 6.07) is 13.3. The Labute approximate surface area is 151 Å². The Morgan fingerprint density at radius 1 is 1.12 bits per heavy atom. The Bertz CT molecular complexity index is 946. The lowest BCUT2D eigenvalue weighted by molar-refractivity contribution is -0.136. The second-order valence-electron chi connectivity index (χ2n) is 6.02. The number of carbonyl (C=O) groups is 2. The van der Waals surface area contributed by atoms with Crippen molar-refractivity contribution in [3.8, 4) is 5.75 Å². The number of methoxy groups -OCH3 is 1. The first-order valence-electron chi connectivity index (χ1n) is 8.37. The molecule has 6 nitrogen and oxygen atoms in total. The molecule has 2 amide bonds. The maximum Gasteiger partial charge on any atom is 0.313 e. The van der Waals surface area contributed by atoms with Crippen LogP contribution in [0.4, 0.5) is 5.69 Å². The van der Waals surface area contributed by atoms with Gasteiger partial charge in [0.05, 0.1) is 12.8 Å². The number of aromatic nitrogens is 1. The van der Waals surface area contributed by atoms with Crippen LogP contribution in [0, 0.1) is 6.92 Å². The van der Waals surface area contributed by atoms with E-state index in [-0.39, 0.29) is 0 Å². The number of H-pyrrole nitrogens is 1. The Morgan fingerprint density at radius 2 is 1.92 bits per heavy atom. The molecule has 3 N–H and O–H groups in total. The van der Waals surface area contributed by atoms with Crippen molar-refractivity contribution in [3.05, 3.63) is 59.8 Å². The Balaban J connectivity index is 1.56. The lowest BCUT2D eigenvalue weighted by Crippen LogP contribution is -2.36. The maximum atomic E-state index is 12.1. The van der Waals surface area contributed by atoms with Crippen molar-refractivity contribution < 1.29 is 14.3 Å². The Morgan fingerprint density at radius 3 is 2.73 bits per heavy atom. The summed E-state index contributed by atoms with van der Waals surface area (Å²) < 4.78 is 5.20. The van der Waals surface area contributed by atoms with Gasteiger partial charge in [-0.05, 0) is 42.7 Å². The van der Waals surface area contributed by atoms with Crippen molar-refractivity contribution in [2.45, 2.75) is 13.3 Å². The van der Waals surface area contributed by atoms with E-state index in [0.29, 0.717) is 24.4 Å². The number of carbonyl (C=O) groups excluding carboxylic acids is 2. The lowest BCUT2D eigenvalue weighted by atomic mass is 10.1. The molecule has 3 rings (SSSR count). The van der Waals surface area contributed by atoms with E-state index < -0.39 is 11.8 Å². The number of para-hydroxylation sites is 1. The van der Waals surface area contributed by atoms with Gasteiger partial charge in [-0.3, -0.25) is 9.59 Å². The van der Waals surface area contributed by atoms with Crippen LogP contribution >= 0.6 is 0 Å². The second-order valence-corrected chi connectivity index (χ2v) is 6.02. The molecule has 1 aromatic heterocycles. The zero-order valence-electron chi connectivity index (χ0n) is 14.8. The molecule has 0 aliphatic rings. The standard InChI is InChI=1S/C20H21N3O3/c1-13-7-8-18(26-2)17(11-13)23-20(25)19(24)21-10-9-14-12-22-16-6-4-3-5-15(14)16/h3-8,11-12,22H,9-10H2,1-2H3,(H,21,24)(H,23,25). The summed E-state index contributed by atoms with van der Waals surface area (Å²) in [5.41, 5.74) is 3.59. The SMILES string of the molecule is COc1ccc(C)cc1NC(=O)C(=O)NCCc1c[nH]c2ccccc12. The summed E-state index contributed by atoms with van der Waals surface area (Å²) in [6.45, 7) is 2.27. The first-order chi connectivity index (χ1) is 12.6. The summed E-state index contributed by atoms with van der Waals surface area (Å²) in [7, 11) is 1.52. The predicted octanol–water partition coefficient (Wildman–Crippen LogP) is 2.78. The van der Waals surface area contributed by atoms with Crippen molar-refractivity contribution in [3.63, 3.8) is 0 Å². The molecule has 0 unspecified atom stereocenters. The van der Waals surface area contributed by atoms with Crippen LogP contribution < -0.4 is 15.4 Å². The van der Waals surface area contributed by atoms with E-state index >= 15 is 0 Å². The molecule has 0 saturated heterocycles. The molecular formula is C20H21N3O3. The lowest BCUT2D eigenvalue weighted by Gasteiger charge is -2.11. The number of hydrogen-bond acceptors (Lipinski definition) is 3. The highest BCUT2D eigenvalue weighted by molar-refractivity contribution is 6.39. The topological polar surface area (TPSA) is 83.2 Å². The second kappa shape index (κ2) is 7.74. The van der Waals surface area contributed by atoms with Gasteiger partial charge in [-0.2, -0.15) is 0 Å². The highest BCUT2D eigenvalue weighted by atomic mass is 16.5. The summed E-state index contributed by atoms with van der Waals surface area (Å²) >= 11 is 0. The molecule has 134 valence electrons. The number of nitrogens with one attached hydrogen (secondary N) is 3. The average molecular weight is 351 g/mol. The molecule has 2 aromatic carbocycles. The molecule has 0 aliphatic heterocycles. The van der Waals surface area contributed by atoms with Gasteiger partial charge < -0.3 is 20.4 Å². The third-order valence-electron chi connectivity index (χ3n) is 4.16. The minimum Gasteiger partial charge on any atom is -0.495 e.